The Labute approximate surface area is 206 Å². The summed E-state index contributed by atoms with van der Waals surface area (Å²) in [6.07, 6.45) is 0.140. The molecule has 1 heterocycles. The summed E-state index contributed by atoms with van der Waals surface area (Å²) in [5, 5.41) is 23.2. The summed E-state index contributed by atoms with van der Waals surface area (Å²) in [4.78, 5) is 23.1. The third kappa shape index (κ3) is 5.49. The number of benzene rings is 3. The number of aryl methyl sites for hydroxylation is 1. The van der Waals surface area contributed by atoms with Gasteiger partial charge in [-0.15, -0.1) is 10.2 Å². The Bertz CT molecular complexity index is 1350. The molecule has 178 valence electrons. The van der Waals surface area contributed by atoms with Gasteiger partial charge in [-0.25, -0.2) is 0 Å². The van der Waals surface area contributed by atoms with E-state index in [0.29, 0.717) is 22.5 Å². The molecule has 1 N–H and O–H groups in total. The normalized spacial score (nSPS) is 10.7. The number of aromatic nitrogens is 3. The van der Waals surface area contributed by atoms with E-state index in [1.54, 1.807) is 19.2 Å². The van der Waals surface area contributed by atoms with Crippen molar-refractivity contribution in [3.05, 3.63) is 88.5 Å². The van der Waals surface area contributed by atoms with Gasteiger partial charge in [0.2, 0.25) is 5.91 Å². The number of carbonyl (C=O) groups excluding carboxylic acids is 1. The fraction of sp³-hybridized carbons (Fsp3) is 0.160. The van der Waals surface area contributed by atoms with E-state index in [9.17, 15) is 14.9 Å². The molecule has 4 aromatic rings. The Morgan fingerprint density at radius 2 is 1.77 bits per heavy atom. The second-order valence-electron chi connectivity index (χ2n) is 7.60. The maximum Gasteiger partial charge on any atom is 0.292 e. The topological polar surface area (TPSA) is 112 Å². The largest absolute Gasteiger partial charge is 0.496 e. The molecule has 4 rings (SSSR count). The second kappa shape index (κ2) is 10.8. The third-order valence-corrected chi connectivity index (χ3v) is 6.14. The predicted octanol–water partition coefficient (Wildman–Crippen LogP) is 5.28. The predicted molar refractivity (Wildman–Crippen MR) is 135 cm³/mol. The third-order valence-electron chi connectivity index (χ3n) is 5.21. The zero-order valence-corrected chi connectivity index (χ0v) is 20.0. The van der Waals surface area contributed by atoms with E-state index in [1.165, 1.54) is 23.9 Å². The molecule has 0 bridgehead atoms. The van der Waals surface area contributed by atoms with Crippen LogP contribution in [-0.2, 0) is 4.79 Å². The minimum Gasteiger partial charge on any atom is -0.496 e. The van der Waals surface area contributed by atoms with Gasteiger partial charge in [0.15, 0.2) is 11.0 Å². The molecule has 0 saturated heterocycles. The first-order valence-electron chi connectivity index (χ1n) is 10.8. The van der Waals surface area contributed by atoms with E-state index >= 15 is 0 Å². The number of nitrogens with one attached hydrogen (secondary N) is 1. The average molecular weight is 490 g/mol. The number of nitro benzene ring substituents is 1. The summed E-state index contributed by atoms with van der Waals surface area (Å²) in [5.41, 5.74) is 2.84. The Morgan fingerprint density at radius 3 is 2.51 bits per heavy atom. The molecule has 0 saturated carbocycles. The van der Waals surface area contributed by atoms with Gasteiger partial charge >= 0.3 is 0 Å². The van der Waals surface area contributed by atoms with Crippen molar-refractivity contribution in [2.75, 3.05) is 18.2 Å². The van der Waals surface area contributed by atoms with E-state index in [0.717, 1.165) is 16.8 Å². The van der Waals surface area contributed by atoms with Crippen molar-refractivity contribution in [2.45, 2.75) is 18.5 Å². The van der Waals surface area contributed by atoms with Crippen LogP contribution in [0.4, 0.5) is 11.4 Å². The fourth-order valence-corrected chi connectivity index (χ4v) is 4.37. The molecule has 0 unspecified atom stereocenters. The minimum absolute atomic E-state index is 0.140. The molecule has 0 aliphatic heterocycles. The van der Waals surface area contributed by atoms with Crippen molar-refractivity contribution >= 4 is 29.0 Å². The number of nitrogens with zero attached hydrogens (tertiary/aromatic N) is 4. The quantitative estimate of drug-likeness (QED) is 0.193. The van der Waals surface area contributed by atoms with Crippen molar-refractivity contribution in [1.82, 2.24) is 14.8 Å². The lowest BCUT2D eigenvalue weighted by Gasteiger charge is -2.12. The molecule has 0 fully saturated rings. The van der Waals surface area contributed by atoms with Crippen LogP contribution in [0.15, 0.2) is 78.0 Å². The van der Waals surface area contributed by atoms with Crippen molar-refractivity contribution in [1.29, 1.82) is 0 Å². The first-order valence-corrected chi connectivity index (χ1v) is 11.8. The van der Waals surface area contributed by atoms with Gasteiger partial charge in [-0.2, -0.15) is 0 Å². The van der Waals surface area contributed by atoms with Crippen molar-refractivity contribution in [3.63, 3.8) is 0 Å². The van der Waals surface area contributed by atoms with E-state index in [2.05, 4.69) is 15.5 Å². The first kappa shape index (κ1) is 24.0. The lowest BCUT2D eigenvalue weighted by Crippen LogP contribution is -2.13. The second-order valence-corrected chi connectivity index (χ2v) is 8.66. The highest BCUT2D eigenvalue weighted by molar-refractivity contribution is 7.99. The summed E-state index contributed by atoms with van der Waals surface area (Å²) < 4.78 is 7.46. The van der Waals surface area contributed by atoms with Gasteiger partial charge in [0.25, 0.3) is 5.69 Å². The number of hydrogen-bond donors (Lipinski definition) is 1. The molecule has 0 spiro atoms. The van der Waals surface area contributed by atoms with Crippen LogP contribution in [0.5, 0.6) is 5.75 Å². The van der Waals surface area contributed by atoms with Crippen LogP contribution in [0.1, 0.15) is 12.0 Å². The zero-order valence-electron chi connectivity index (χ0n) is 19.2. The highest BCUT2D eigenvalue weighted by atomic mass is 32.2. The summed E-state index contributed by atoms with van der Waals surface area (Å²) in [6.45, 7) is 2.02. The number of hydrogen-bond acceptors (Lipinski definition) is 7. The monoisotopic (exact) mass is 489 g/mol. The summed E-state index contributed by atoms with van der Waals surface area (Å²) in [7, 11) is 1.61. The summed E-state index contributed by atoms with van der Waals surface area (Å²) in [5.74, 6) is 1.38. The highest BCUT2D eigenvalue weighted by Gasteiger charge is 2.20. The lowest BCUT2D eigenvalue weighted by molar-refractivity contribution is -0.383. The lowest BCUT2D eigenvalue weighted by atomic mass is 10.1. The fourth-order valence-electron chi connectivity index (χ4n) is 3.48. The summed E-state index contributed by atoms with van der Waals surface area (Å²) >= 11 is 1.38. The van der Waals surface area contributed by atoms with Crippen LogP contribution in [0, 0.1) is 17.0 Å². The summed E-state index contributed by atoms with van der Waals surface area (Å²) in [6, 6.07) is 21.6. The van der Waals surface area contributed by atoms with Crippen LogP contribution < -0.4 is 10.1 Å². The van der Waals surface area contributed by atoms with Gasteiger partial charge in [0.1, 0.15) is 11.4 Å². The first-order chi connectivity index (χ1) is 17.0. The van der Waals surface area contributed by atoms with Crippen LogP contribution in [-0.4, -0.2) is 38.5 Å². The number of amides is 1. The van der Waals surface area contributed by atoms with Crippen LogP contribution in [0.2, 0.25) is 0 Å². The number of thioether (sulfide) groups is 1. The van der Waals surface area contributed by atoms with Gasteiger partial charge in [-0.1, -0.05) is 53.7 Å². The van der Waals surface area contributed by atoms with Crippen LogP contribution in [0.25, 0.3) is 17.1 Å². The van der Waals surface area contributed by atoms with Gasteiger partial charge in [-0.05, 0) is 37.3 Å². The van der Waals surface area contributed by atoms with E-state index < -0.39 is 4.92 Å². The Kier molecular flexibility index (Phi) is 7.41. The molecule has 1 aromatic heterocycles. The van der Waals surface area contributed by atoms with E-state index in [-0.39, 0.29) is 23.7 Å². The maximum atomic E-state index is 12.5. The number of carbonyl (C=O) groups is 1. The number of anilines is 1. The van der Waals surface area contributed by atoms with Crippen molar-refractivity contribution < 1.29 is 14.5 Å². The SMILES string of the molecule is COc1ccccc1-c1nnc(SCCC(=O)Nc2ccccc2[N+](=O)[O-])n1-c1ccc(C)cc1. The van der Waals surface area contributed by atoms with Gasteiger partial charge in [0, 0.05) is 23.9 Å². The number of rotatable bonds is 9. The van der Waals surface area contributed by atoms with Gasteiger partial charge in [-0.3, -0.25) is 19.5 Å². The maximum absolute atomic E-state index is 12.5. The molecule has 35 heavy (non-hydrogen) atoms. The molecule has 3 aromatic carbocycles. The molecule has 1 amide bonds. The molecular weight excluding hydrogens is 466 g/mol. The Morgan fingerprint density at radius 1 is 1.06 bits per heavy atom. The zero-order chi connectivity index (χ0) is 24.8. The van der Waals surface area contributed by atoms with Gasteiger partial charge < -0.3 is 10.1 Å². The minimum atomic E-state index is -0.520. The number of nitro groups is 1. The molecule has 0 atom stereocenters. The molecule has 0 aliphatic carbocycles. The molecule has 0 radical (unpaired) electrons. The molecule has 10 heteroatoms. The van der Waals surface area contributed by atoms with Gasteiger partial charge in [0.05, 0.1) is 17.6 Å². The number of para-hydroxylation sites is 3. The molecule has 0 aliphatic rings. The standard InChI is InChI=1S/C25H23N5O4S/c1-17-11-13-18(14-12-17)29-24(19-7-3-6-10-22(19)34-2)27-28-25(29)35-16-15-23(31)26-20-8-4-5-9-21(20)30(32)33/h3-14H,15-16H2,1-2H3,(H,26,31). The van der Waals surface area contributed by atoms with E-state index in [4.69, 9.17) is 4.74 Å². The number of ether oxygens (including phenoxy) is 1. The Hall–Kier alpha value is -4.18. The van der Waals surface area contributed by atoms with Crippen molar-refractivity contribution in [2.24, 2.45) is 0 Å². The van der Waals surface area contributed by atoms with E-state index in [1.807, 2.05) is 60.0 Å². The van der Waals surface area contributed by atoms with Crippen LogP contribution in [0.3, 0.4) is 0 Å². The van der Waals surface area contributed by atoms with Crippen molar-refractivity contribution in [3.8, 4) is 22.8 Å². The van der Waals surface area contributed by atoms with Crippen LogP contribution >= 0.6 is 11.8 Å². The highest BCUT2D eigenvalue weighted by Crippen LogP contribution is 2.33. The molecule has 9 nitrogen and oxygen atoms in total. The average Bonchev–Trinajstić information content (AvgIpc) is 3.28. The Balaban J connectivity index is 1.55. The number of methoxy groups -OCH3 is 1. The smallest absolute Gasteiger partial charge is 0.292 e. The molecular formula is C25H23N5O4S.